The maximum atomic E-state index is 5.54. The molecule has 2 unspecified atom stereocenters. The van der Waals surface area contributed by atoms with Gasteiger partial charge in [-0.05, 0) is 123 Å². The molecule has 0 N–H and O–H groups in total. The molecule has 3 fully saturated rings. The van der Waals surface area contributed by atoms with Crippen LogP contribution in [0.3, 0.4) is 0 Å². The first kappa shape index (κ1) is 90.7. The number of rotatable bonds is 8. The van der Waals surface area contributed by atoms with E-state index in [9.17, 15) is 0 Å². The summed E-state index contributed by atoms with van der Waals surface area (Å²) < 4.78 is 0. The van der Waals surface area contributed by atoms with Crippen molar-refractivity contribution in [1.82, 2.24) is 14.7 Å². The molecule has 0 bridgehead atoms. The molecule has 96 heavy (non-hydrogen) atoms. The predicted molar refractivity (Wildman–Crippen MR) is 424 cm³/mol. The van der Waals surface area contributed by atoms with E-state index in [2.05, 4.69) is 163 Å². The van der Waals surface area contributed by atoms with Gasteiger partial charge in [0.1, 0.15) is 0 Å². The molecule has 0 spiro atoms. The number of aryl methyl sites for hydroxylation is 6. The van der Waals surface area contributed by atoms with Crippen molar-refractivity contribution < 1.29 is 52.4 Å². The van der Waals surface area contributed by atoms with Crippen LogP contribution in [0.15, 0.2) is 237 Å². The minimum atomic E-state index is -0.0951. The van der Waals surface area contributed by atoms with E-state index in [-0.39, 0.29) is 76.2 Å². The molecule has 0 aliphatic carbocycles. The number of benzene rings is 9. The normalized spacial score (nSPS) is 12.8. The molecule has 0 saturated carbocycles. The number of para-hydroxylation sites is 2. The molecule has 0 radical (unpaired) electrons. The van der Waals surface area contributed by atoms with E-state index in [0.717, 1.165) is 95.4 Å². The number of hydrogen-bond donors (Lipinski definition) is 0. The van der Waals surface area contributed by atoms with Gasteiger partial charge in [-0.25, -0.2) is 0 Å². The Hall–Kier alpha value is -5.34. The molecule has 3 aliphatic heterocycles. The van der Waals surface area contributed by atoms with Crippen LogP contribution in [0.25, 0.3) is 10.6 Å². The topological polar surface area (TPSA) is 37.9 Å². The van der Waals surface area contributed by atoms with Crippen LogP contribution in [0.2, 0.25) is 0 Å². The predicted octanol–water partition coefficient (Wildman–Crippen LogP) is 23.0. The average molecular weight is 1530 g/mol. The molecule has 9 aromatic rings. The summed E-state index contributed by atoms with van der Waals surface area (Å²) in [5.74, 6) is 0. The first-order valence-electron chi connectivity index (χ1n) is 31.8. The van der Waals surface area contributed by atoms with Crippen LogP contribution in [0.4, 0.5) is 11.4 Å². The zero-order valence-electron chi connectivity index (χ0n) is 57.0. The van der Waals surface area contributed by atoms with Gasteiger partial charge in [-0.15, -0.1) is 107 Å². The van der Waals surface area contributed by atoms with Gasteiger partial charge in [-0.2, -0.15) is 159 Å². The fourth-order valence-corrected chi connectivity index (χ4v) is 10.5. The number of hydrogen-bond acceptors (Lipinski definition) is 5. The number of nitrogens with zero attached hydrogens (tertiary/aromatic N) is 5. The summed E-state index contributed by atoms with van der Waals surface area (Å²) in [6.45, 7) is 41.8. The van der Waals surface area contributed by atoms with Crippen LogP contribution in [-0.4, -0.2) is 75.3 Å². The molecule has 3 aliphatic rings. The van der Waals surface area contributed by atoms with Crippen molar-refractivity contribution in [2.24, 2.45) is 0 Å². The van der Waals surface area contributed by atoms with Crippen molar-refractivity contribution in [1.29, 1.82) is 0 Å². The Labute approximate surface area is 648 Å². The molecular weight excluding hydrogens is 1430 g/mol. The van der Waals surface area contributed by atoms with Crippen molar-refractivity contribution in [3.63, 3.8) is 0 Å². The van der Waals surface area contributed by atoms with Crippen molar-refractivity contribution in [3.05, 3.63) is 361 Å². The average Bonchev–Trinajstić information content (AvgIpc) is 1.35. The fourth-order valence-electron chi connectivity index (χ4n) is 9.55. The molecule has 12 heteroatoms. The maximum Gasteiger partial charge on any atom is 4.00 e. The molecular formula is C84H103Cl2N5S3Zr2-6. The van der Waals surface area contributed by atoms with Gasteiger partial charge < -0.3 is 50.6 Å². The quantitative estimate of drug-likeness (QED) is 0.0653. The number of likely N-dealkylation sites (tertiary alicyclic amines) is 3. The second-order valence-corrected chi connectivity index (χ2v) is 24.7. The van der Waals surface area contributed by atoms with Crippen LogP contribution in [0.5, 0.6) is 0 Å². The third kappa shape index (κ3) is 40.5. The minimum absolute atomic E-state index is 0. The number of thiocarbonyl (C=S) groups is 1. The zero-order chi connectivity index (χ0) is 68.0. The van der Waals surface area contributed by atoms with Crippen molar-refractivity contribution in [3.8, 4) is 0 Å². The van der Waals surface area contributed by atoms with Gasteiger partial charge in [0.25, 0.3) is 0 Å². The molecule has 12 rings (SSSR count). The first-order chi connectivity index (χ1) is 44.8. The van der Waals surface area contributed by atoms with E-state index >= 15 is 0 Å². The molecule has 2 atom stereocenters. The Balaban J connectivity index is 0.00000107. The summed E-state index contributed by atoms with van der Waals surface area (Å²) >= 11 is 26.0. The van der Waals surface area contributed by atoms with Crippen molar-refractivity contribution >= 4 is 77.0 Å². The third-order valence-corrected chi connectivity index (χ3v) is 16.0. The Bertz CT molecular complexity index is 2900. The Morgan fingerprint density at radius 1 is 0.375 bits per heavy atom. The summed E-state index contributed by atoms with van der Waals surface area (Å²) in [5.41, 5.74) is 17.4. The Kier molecular flexibility index (Phi) is 52.4. The van der Waals surface area contributed by atoms with E-state index in [4.69, 9.17) is 60.7 Å². The van der Waals surface area contributed by atoms with Crippen molar-refractivity contribution in [2.75, 3.05) is 44.6 Å². The second kappa shape index (κ2) is 55.5. The number of halogens is 2. The number of alkyl halides is 2. The summed E-state index contributed by atoms with van der Waals surface area (Å²) in [6, 6.07) is 78.2. The second-order valence-electron chi connectivity index (χ2n) is 22.5. The van der Waals surface area contributed by atoms with Crippen LogP contribution >= 0.6 is 35.4 Å². The Morgan fingerprint density at radius 3 is 0.771 bits per heavy atom. The molecule has 3 heterocycles. The van der Waals surface area contributed by atoms with Crippen LogP contribution in [0.1, 0.15) is 118 Å². The molecule has 0 aromatic heterocycles. The monoisotopic (exact) mass is 1530 g/mol. The van der Waals surface area contributed by atoms with Gasteiger partial charge in [0, 0.05) is 45.7 Å². The Morgan fingerprint density at radius 2 is 0.573 bits per heavy atom. The van der Waals surface area contributed by atoms with Gasteiger partial charge in [-0.3, -0.25) is 0 Å². The van der Waals surface area contributed by atoms with Crippen LogP contribution in [-0.2, 0) is 84.1 Å². The van der Waals surface area contributed by atoms with Gasteiger partial charge >= 0.3 is 26.2 Å². The molecule has 510 valence electrons. The van der Waals surface area contributed by atoms with Gasteiger partial charge in [0.15, 0.2) is 0 Å². The summed E-state index contributed by atoms with van der Waals surface area (Å²) in [7, 11) is 0. The SMILES string of the molecule is C.Cc1cccc(C)c1CC(=S)N1CCCC1.Cc1cccc(C)c1[N-]C([S-])N1CCCC1.Cc1cccc(C)c1[N-]C([S-])N1CCCC1.ClCCl.[CH2-]c1ccccc1.[CH2-]c1ccccc1.[CH2-]c1ccccc1.[CH2-]c1ccccc1.[CH2-]c1ccccc1.[CH2-]c1ccccc1.[Zr+4].[Zr]. The van der Waals surface area contributed by atoms with Crippen LogP contribution in [0, 0.1) is 83.1 Å². The summed E-state index contributed by atoms with van der Waals surface area (Å²) in [4.78, 5) is 8.04. The van der Waals surface area contributed by atoms with Gasteiger partial charge in [0.05, 0.1) is 10.3 Å². The standard InChI is InChI=1S/C14H19NS.2C13H19N2S.6C7H7.CH2Cl2.CH4.2Zr/c1-11-6-5-7-12(2)13(11)10-14(16)15-8-3-4-9-15;2*1-10-6-5-7-11(2)12(10)14-13(16)15-8-3-4-9-15;6*1-7-5-3-2-4-6-7;2-1-3;;;/h5-7H,3-4,8-10H2,1-2H3;2*5-7,13,16H,3-4,8-9H2,1-2H3;6*2-6H,1H2;1H2;1H4;;/q;8*-1;;;;+4/p-2. The van der Waals surface area contributed by atoms with Gasteiger partial charge in [-0.1, -0.05) is 133 Å². The minimum Gasteiger partial charge on any atom is -0.793 e. The smallest absolute Gasteiger partial charge is 0.793 e. The van der Waals surface area contributed by atoms with Crippen LogP contribution < -0.4 is 0 Å². The third-order valence-electron chi connectivity index (χ3n) is 14.8. The largest absolute Gasteiger partial charge is 4.00 e. The van der Waals surface area contributed by atoms with E-state index in [1.165, 1.54) is 77.5 Å². The van der Waals surface area contributed by atoms with Crippen molar-refractivity contribution in [2.45, 2.75) is 105 Å². The first-order valence-corrected chi connectivity index (χ1v) is 34.3. The molecule has 5 nitrogen and oxygen atoms in total. The van der Waals surface area contributed by atoms with E-state index in [1.54, 1.807) is 0 Å². The zero-order valence-corrected chi connectivity index (χ0v) is 65.9. The molecule has 9 aromatic carbocycles. The fraction of sp³-hybridized carbons (Fsp3) is 0.274. The van der Waals surface area contributed by atoms with E-state index < -0.39 is 0 Å². The molecule has 3 saturated heterocycles. The maximum absolute atomic E-state index is 5.54. The van der Waals surface area contributed by atoms with E-state index in [0.29, 0.717) is 0 Å². The summed E-state index contributed by atoms with van der Waals surface area (Å²) in [6.07, 6.45) is 8.57. The van der Waals surface area contributed by atoms with E-state index in [1.807, 2.05) is 182 Å². The summed E-state index contributed by atoms with van der Waals surface area (Å²) in [5, 5.41) is 9.56. The van der Waals surface area contributed by atoms with Gasteiger partial charge in [0.2, 0.25) is 0 Å². The molecule has 0 amide bonds.